The van der Waals surface area contributed by atoms with E-state index >= 15 is 0 Å². The zero-order chi connectivity index (χ0) is 13.9. The molecule has 1 aromatic rings. The zero-order valence-electron chi connectivity index (χ0n) is 12.6. The van der Waals surface area contributed by atoms with Crippen LogP contribution in [0.5, 0.6) is 0 Å². The third-order valence-electron chi connectivity index (χ3n) is 4.69. The molecule has 112 valence electrons. The molecule has 3 heterocycles. The fourth-order valence-electron chi connectivity index (χ4n) is 3.32. The van der Waals surface area contributed by atoms with Gasteiger partial charge in [-0.2, -0.15) is 4.98 Å². The van der Waals surface area contributed by atoms with Crippen LogP contribution in [0.1, 0.15) is 57.3 Å². The lowest BCUT2D eigenvalue weighted by Crippen LogP contribution is -2.38. The highest BCUT2D eigenvalue weighted by molar-refractivity contribution is 4.96. The van der Waals surface area contributed by atoms with Gasteiger partial charge >= 0.3 is 0 Å². The van der Waals surface area contributed by atoms with Crippen LogP contribution in [0.4, 0.5) is 0 Å². The van der Waals surface area contributed by atoms with Crippen LogP contribution in [0.25, 0.3) is 0 Å². The summed E-state index contributed by atoms with van der Waals surface area (Å²) < 4.78 is 5.42. The molecule has 0 aliphatic carbocycles. The van der Waals surface area contributed by atoms with E-state index in [9.17, 15) is 0 Å². The van der Waals surface area contributed by atoms with E-state index in [1.165, 1.54) is 32.4 Å². The van der Waals surface area contributed by atoms with Gasteiger partial charge < -0.3 is 14.7 Å². The minimum Gasteiger partial charge on any atom is -0.338 e. The van der Waals surface area contributed by atoms with Crippen molar-refractivity contribution in [3.63, 3.8) is 0 Å². The number of nitrogens with one attached hydrogen (secondary N) is 1. The molecule has 5 nitrogen and oxygen atoms in total. The fraction of sp³-hybridized carbons (Fsp3) is 0.867. The van der Waals surface area contributed by atoms with Crippen LogP contribution in [0, 0.1) is 5.92 Å². The lowest BCUT2D eigenvalue weighted by Gasteiger charge is -2.34. The summed E-state index contributed by atoms with van der Waals surface area (Å²) in [5.41, 5.74) is 0. The average molecular weight is 278 g/mol. The van der Waals surface area contributed by atoms with E-state index in [0.717, 1.165) is 31.1 Å². The molecule has 0 aromatic carbocycles. The third kappa shape index (κ3) is 3.20. The average Bonchev–Trinajstić information content (AvgIpc) is 3.09. The Hall–Kier alpha value is -0.940. The van der Waals surface area contributed by atoms with Gasteiger partial charge in [-0.25, -0.2) is 0 Å². The van der Waals surface area contributed by atoms with Gasteiger partial charge in [-0.05, 0) is 65.1 Å². The minimum absolute atomic E-state index is 0.291. The molecule has 2 aliphatic heterocycles. The van der Waals surface area contributed by atoms with Crippen LogP contribution < -0.4 is 5.32 Å². The summed E-state index contributed by atoms with van der Waals surface area (Å²) in [5.74, 6) is 2.40. The van der Waals surface area contributed by atoms with E-state index in [0.29, 0.717) is 18.0 Å². The molecule has 0 spiro atoms. The minimum atomic E-state index is 0.291. The van der Waals surface area contributed by atoms with Crippen molar-refractivity contribution in [2.24, 2.45) is 5.92 Å². The Morgan fingerprint density at radius 3 is 2.75 bits per heavy atom. The van der Waals surface area contributed by atoms with Crippen LogP contribution in [0.3, 0.4) is 0 Å². The van der Waals surface area contributed by atoms with Gasteiger partial charge in [-0.15, -0.1) is 0 Å². The molecule has 5 heteroatoms. The van der Waals surface area contributed by atoms with Crippen LogP contribution in [0.2, 0.25) is 0 Å². The van der Waals surface area contributed by atoms with E-state index in [4.69, 9.17) is 4.52 Å². The second-order valence-corrected chi connectivity index (χ2v) is 6.47. The Kier molecular flexibility index (Phi) is 4.36. The van der Waals surface area contributed by atoms with Crippen LogP contribution in [-0.4, -0.2) is 40.7 Å². The van der Waals surface area contributed by atoms with Gasteiger partial charge in [0.15, 0.2) is 5.82 Å². The Morgan fingerprint density at radius 1 is 1.30 bits per heavy atom. The van der Waals surface area contributed by atoms with Crippen LogP contribution >= 0.6 is 0 Å². The first-order valence-corrected chi connectivity index (χ1v) is 8.02. The molecule has 3 rings (SSSR count). The van der Waals surface area contributed by atoms with E-state index < -0.39 is 0 Å². The van der Waals surface area contributed by atoms with E-state index in [-0.39, 0.29) is 0 Å². The van der Waals surface area contributed by atoms with Crippen molar-refractivity contribution in [3.8, 4) is 0 Å². The second-order valence-electron chi connectivity index (χ2n) is 6.47. The monoisotopic (exact) mass is 278 g/mol. The highest BCUT2D eigenvalue weighted by Crippen LogP contribution is 2.24. The lowest BCUT2D eigenvalue weighted by atomic mass is 9.92. The molecule has 2 fully saturated rings. The maximum absolute atomic E-state index is 5.42. The van der Waals surface area contributed by atoms with Crippen molar-refractivity contribution in [3.05, 3.63) is 11.7 Å². The van der Waals surface area contributed by atoms with Crippen molar-refractivity contribution < 1.29 is 4.52 Å². The Morgan fingerprint density at radius 2 is 2.10 bits per heavy atom. The number of rotatable bonds is 4. The molecule has 1 unspecified atom stereocenters. The maximum Gasteiger partial charge on any atom is 0.243 e. The summed E-state index contributed by atoms with van der Waals surface area (Å²) in [5, 5.41) is 7.57. The van der Waals surface area contributed by atoms with Gasteiger partial charge in [0.1, 0.15) is 0 Å². The number of likely N-dealkylation sites (tertiary alicyclic amines) is 1. The number of hydrogen-bond acceptors (Lipinski definition) is 5. The van der Waals surface area contributed by atoms with Crippen molar-refractivity contribution in [2.75, 3.05) is 19.6 Å². The summed E-state index contributed by atoms with van der Waals surface area (Å²) in [4.78, 5) is 7.14. The Labute approximate surface area is 121 Å². The van der Waals surface area contributed by atoms with E-state index in [1.54, 1.807) is 0 Å². The molecule has 0 amide bonds. The summed E-state index contributed by atoms with van der Waals surface area (Å²) in [7, 11) is 0. The molecule has 1 aromatic heterocycles. The summed E-state index contributed by atoms with van der Waals surface area (Å²) in [6, 6.07) is 0.959. The van der Waals surface area contributed by atoms with Crippen molar-refractivity contribution >= 4 is 0 Å². The molecule has 0 bridgehead atoms. The second kappa shape index (κ2) is 6.22. The Bertz CT molecular complexity index is 417. The predicted molar refractivity (Wildman–Crippen MR) is 77.4 cm³/mol. The fourth-order valence-corrected chi connectivity index (χ4v) is 3.32. The number of nitrogens with zero attached hydrogens (tertiary/aromatic N) is 3. The first kappa shape index (κ1) is 14.0. The van der Waals surface area contributed by atoms with Gasteiger partial charge in [0.25, 0.3) is 0 Å². The van der Waals surface area contributed by atoms with E-state index in [1.807, 2.05) is 0 Å². The molecular formula is C15H26N4O. The molecule has 20 heavy (non-hydrogen) atoms. The molecule has 2 aliphatic rings. The number of aromatic nitrogens is 2. The van der Waals surface area contributed by atoms with Crippen molar-refractivity contribution in [1.82, 2.24) is 20.4 Å². The van der Waals surface area contributed by atoms with Gasteiger partial charge in [0.05, 0.1) is 6.04 Å². The van der Waals surface area contributed by atoms with Gasteiger partial charge in [0, 0.05) is 12.5 Å². The van der Waals surface area contributed by atoms with E-state index in [2.05, 4.69) is 34.2 Å². The molecule has 0 saturated carbocycles. The summed E-state index contributed by atoms with van der Waals surface area (Å²) >= 11 is 0. The first-order chi connectivity index (χ1) is 9.72. The largest absolute Gasteiger partial charge is 0.338 e. The molecular weight excluding hydrogens is 252 g/mol. The summed E-state index contributed by atoms with van der Waals surface area (Å²) in [6.07, 6.45) is 5.81. The highest BCUT2D eigenvalue weighted by Gasteiger charge is 2.25. The van der Waals surface area contributed by atoms with Gasteiger partial charge in [-0.1, -0.05) is 5.16 Å². The number of hydrogen-bond donors (Lipinski definition) is 1. The molecule has 1 atom stereocenters. The zero-order valence-corrected chi connectivity index (χ0v) is 12.6. The van der Waals surface area contributed by atoms with Gasteiger partial charge in [-0.3, -0.25) is 0 Å². The normalized spacial score (nSPS) is 25.6. The van der Waals surface area contributed by atoms with Crippen molar-refractivity contribution in [2.45, 2.75) is 58.0 Å². The Balaban J connectivity index is 1.51. The summed E-state index contributed by atoms with van der Waals surface area (Å²) in [6.45, 7) is 8.03. The number of piperidine rings is 1. The quantitative estimate of drug-likeness (QED) is 0.914. The maximum atomic E-state index is 5.42. The lowest BCUT2D eigenvalue weighted by molar-refractivity contribution is 0.148. The standard InChI is InChI=1S/C15H26N4O/c1-11(2)19-8-5-12(6-9-19)10-14-17-15(20-18-14)13-4-3-7-16-13/h11-13,16H,3-10H2,1-2H3. The van der Waals surface area contributed by atoms with Crippen LogP contribution in [0.15, 0.2) is 4.52 Å². The first-order valence-electron chi connectivity index (χ1n) is 8.02. The smallest absolute Gasteiger partial charge is 0.243 e. The topological polar surface area (TPSA) is 54.2 Å². The van der Waals surface area contributed by atoms with Crippen molar-refractivity contribution in [1.29, 1.82) is 0 Å². The molecule has 1 N–H and O–H groups in total. The third-order valence-corrected chi connectivity index (χ3v) is 4.69. The molecule has 0 radical (unpaired) electrons. The predicted octanol–water partition coefficient (Wildman–Crippen LogP) is 2.16. The van der Waals surface area contributed by atoms with Gasteiger partial charge in [0.2, 0.25) is 5.89 Å². The van der Waals surface area contributed by atoms with Crippen LogP contribution in [-0.2, 0) is 6.42 Å². The SMILES string of the molecule is CC(C)N1CCC(Cc2noc(C3CCCN3)n2)CC1. The highest BCUT2D eigenvalue weighted by atomic mass is 16.5. The molecule has 2 saturated heterocycles.